The average Bonchev–Trinajstić information content (AvgIpc) is 3.02. The van der Waals surface area contributed by atoms with Gasteiger partial charge in [0.15, 0.2) is 0 Å². The monoisotopic (exact) mass is 316 g/mol. The van der Waals surface area contributed by atoms with Crippen molar-refractivity contribution in [2.24, 2.45) is 0 Å². The van der Waals surface area contributed by atoms with Crippen LogP contribution in [-0.4, -0.2) is 15.3 Å². The molecule has 4 aromatic rings. The number of ketones is 1. The molecule has 0 saturated heterocycles. The number of para-hydroxylation sites is 1. The number of pyridine rings is 1. The summed E-state index contributed by atoms with van der Waals surface area (Å²) in [5.41, 5.74) is 1.30. The standard InChI is InChI=1S/C20H13FN2O/c21-16-9-3-2-8-15(16)20(24)18-13-14-7-1-4-10-17(14)23(18)19-11-5-6-12-22-19/h1-13H. The third-order valence-corrected chi connectivity index (χ3v) is 3.94. The molecule has 4 heteroatoms. The lowest BCUT2D eigenvalue weighted by Gasteiger charge is -2.09. The normalized spacial score (nSPS) is 10.9. The maximum Gasteiger partial charge on any atom is 0.212 e. The Hall–Kier alpha value is -3.27. The zero-order valence-electron chi connectivity index (χ0n) is 12.7. The van der Waals surface area contributed by atoms with Crippen LogP contribution in [0.5, 0.6) is 0 Å². The van der Waals surface area contributed by atoms with Crippen LogP contribution in [0.2, 0.25) is 0 Å². The number of hydrogen-bond donors (Lipinski definition) is 0. The van der Waals surface area contributed by atoms with Gasteiger partial charge in [-0.1, -0.05) is 36.4 Å². The summed E-state index contributed by atoms with van der Waals surface area (Å²) in [6, 6.07) is 20.9. The number of carbonyl (C=O) groups is 1. The number of nitrogens with zero attached hydrogens (tertiary/aromatic N) is 2. The molecule has 0 radical (unpaired) electrons. The molecule has 3 nitrogen and oxygen atoms in total. The van der Waals surface area contributed by atoms with Gasteiger partial charge in [-0.05, 0) is 36.4 Å². The summed E-state index contributed by atoms with van der Waals surface area (Å²) in [4.78, 5) is 17.3. The molecule has 0 spiro atoms. The maximum absolute atomic E-state index is 14.1. The van der Waals surface area contributed by atoms with Crippen LogP contribution in [0.4, 0.5) is 4.39 Å². The van der Waals surface area contributed by atoms with Crippen LogP contribution in [0, 0.1) is 5.82 Å². The predicted octanol–water partition coefficient (Wildman–Crippen LogP) is 4.40. The van der Waals surface area contributed by atoms with Crippen LogP contribution >= 0.6 is 0 Å². The van der Waals surface area contributed by atoms with E-state index in [0.717, 1.165) is 10.9 Å². The van der Waals surface area contributed by atoms with Crippen molar-refractivity contribution in [3.63, 3.8) is 0 Å². The van der Waals surface area contributed by atoms with Gasteiger partial charge in [0, 0.05) is 11.6 Å². The molecule has 2 aromatic carbocycles. The summed E-state index contributed by atoms with van der Waals surface area (Å²) in [7, 11) is 0. The van der Waals surface area contributed by atoms with Gasteiger partial charge >= 0.3 is 0 Å². The topological polar surface area (TPSA) is 34.9 Å². The fraction of sp³-hybridized carbons (Fsp3) is 0. The second-order valence-corrected chi connectivity index (χ2v) is 5.42. The highest BCUT2D eigenvalue weighted by atomic mass is 19.1. The first-order chi connectivity index (χ1) is 11.8. The Kier molecular flexibility index (Phi) is 3.43. The van der Waals surface area contributed by atoms with Gasteiger partial charge in [0.2, 0.25) is 5.78 Å². The number of benzene rings is 2. The number of carbonyl (C=O) groups excluding carboxylic acids is 1. The van der Waals surface area contributed by atoms with E-state index in [2.05, 4.69) is 4.98 Å². The fourth-order valence-electron chi connectivity index (χ4n) is 2.84. The van der Waals surface area contributed by atoms with Gasteiger partial charge in [0.05, 0.1) is 16.8 Å². The van der Waals surface area contributed by atoms with E-state index in [1.807, 2.05) is 42.5 Å². The van der Waals surface area contributed by atoms with Gasteiger partial charge in [0.1, 0.15) is 11.6 Å². The quantitative estimate of drug-likeness (QED) is 0.525. The first-order valence-electron chi connectivity index (χ1n) is 7.57. The molecule has 2 heterocycles. The van der Waals surface area contributed by atoms with E-state index >= 15 is 0 Å². The van der Waals surface area contributed by atoms with Crippen molar-refractivity contribution >= 4 is 16.7 Å². The molecule has 0 aliphatic carbocycles. The Labute approximate surface area is 138 Å². The molecular weight excluding hydrogens is 303 g/mol. The number of rotatable bonds is 3. The minimum absolute atomic E-state index is 0.0532. The summed E-state index contributed by atoms with van der Waals surface area (Å²) < 4.78 is 15.8. The summed E-state index contributed by atoms with van der Waals surface area (Å²) in [6.45, 7) is 0. The Morgan fingerprint density at radius 3 is 2.46 bits per heavy atom. The number of aromatic nitrogens is 2. The van der Waals surface area contributed by atoms with Gasteiger partial charge in [-0.25, -0.2) is 9.37 Å². The van der Waals surface area contributed by atoms with Crippen LogP contribution in [-0.2, 0) is 0 Å². The summed E-state index contributed by atoms with van der Waals surface area (Å²) in [5.74, 6) is -0.270. The molecule has 0 unspecified atom stereocenters. The minimum Gasteiger partial charge on any atom is -0.290 e. The van der Waals surface area contributed by atoms with Crippen molar-refractivity contribution in [1.82, 2.24) is 9.55 Å². The largest absolute Gasteiger partial charge is 0.290 e. The third kappa shape index (κ3) is 2.29. The fourth-order valence-corrected chi connectivity index (χ4v) is 2.84. The van der Waals surface area contributed by atoms with Crippen molar-refractivity contribution in [3.05, 3.63) is 96.1 Å². The van der Waals surface area contributed by atoms with E-state index in [9.17, 15) is 9.18 Å². The van der Waals surface area contributed by atoms with Crippen LogP contribution in [0.25, 0.3) is 16.7 Å². The molecule has 0 N–H and O–H groups in total. The Balaban J connectivity index is 1.99. The smallest absolute Gasteiger partial charge is 0.212 e. The maximum atomic E-state index is 14.1. The van der Waals surface area contributed by atoms with Crippen molar-refractivity contribution in [2.45, 2.75) is 0 Å². The molecule has 2 aromatic heterocycles. The van der Waals surface area contributed by atoms with Crippen molar-refractivity contribution in [1.29, 1.82) is 0 Å². The van der Waals surface area contributed by atoms with E-state index in [0.29, 0.717) is 11.5 Å². The van der Waals surface area contributed by atoms with Crippen molar-refractivity contribution < 1.29 is 9.18 Å². The lowest BCUT2D eigenvalue weighted by molar-refractivity contribution is 0.102. The number of halogens is 1. The second kappa shape index (κ2) is 5.74. The zero-order chi connectivity index (χ0) is 16.5. The van der Waals surface area contributed by atoms with E-state index in [-0.39, 0.29) is 11.3 Å². The molecule has 0 saturated carbocycles. The molecular formula is C20H13FN2O. The highest BCUT2D eigenvalue weighted by Crippen LogP contribution is 2.25. The second-order valence-electron chi connectivity index (χ2n) is 5.42. The first kappa shape index (κ1) is 14.3. The highest BCUT2D eigenvalue weighted by molar-refractivity contribution is 6.11. The SMILES string of the molecule is O=C(c1ccccc1F)c1cc2ccccc2n1-c1ccccn1. The van der Waals surface area contributed by atoms with E-state index in [1.54, 1.807) is 29.0 Å². The minimum atomic E-state index is -0.527. The van der Waals surface area contributed by atoms with Crippen LogP contribution in [0.3, 0.4) is 0 Å². The van der Waals surface area contributed by atoms with E-state index in [1.165, 1.54) is 12.1 Å². The van der Waals surface area contributed by atoms with Gasteiger partial charge in [-0.2, -0.15) is 0 Å². The molecule has 0 amide bonds. The molecule has 24 heavy (non-hydrogen) atoms. The first-order valence-corrected chi connectivity index (χ1v) is 7.57. The third-order valence-electron chi connectivity index (χ3n) is 3.94. The van der Waals surface area contributed by atoms with Gasteiger partial charge in [-0.3, -0.25) is 9.36 Å². The molecule has 0 fully saturated rings. The van der Waals surface area contributed by atoms with Gasteiger partial charge in [-0.15, -0.1) is 0 Å². The lowest BCUT2D eigenvalue weighted by atomic mass is 10.1. The number of hydrogen-bond acceptors (Lipinski definition) is 2. The van der Waals surface area contributed by atoms with Crippen LogP contribution in [0.1, 0.15) is 16.1 Å². The van der Waals surface area contributed by atoms with Crippen molar-refractivity contribution in [3.8, 4) is 5.82 Å². The van der Waals surface area contributed by atoms with Gasteiger partial charge in [0.25, 0.3) is 0 Å². The van der Waals surface area contributed by atoms with Crippen molar-refractivity contribution in [2.75, 3.05) is 0 Å². The molecule has 0 aliphatic heterocycles. The van der Waals surface area contributed by atoms with E-state index < -0.39 is 5.82 Å². The Morgan fingerprint density at radius 1 is 0.917 bits per heavy atom. The summed E-state index contributed by atoms with van der Waals surface area (Å²) >= 11 is 0. The molecule has 4 rings (SSSR count). The lowest BCUT2D eigenvalue weighted by Crippen LogP contribution is -2.11. The predicted molar refractivity (Wildman–Crippen MR) is 90.9 cm³/mol. The molecule has 0 bridgehead atoms. The van der Waals surface area contributed by atoms with Gasteiger partial charge < -0.3 is 0 Å². The number of fused-ring (bicyclic) bond motifs is 1. The average molecular weight is 316 g/mol. The molecule has 0 atom stereocenters. The Bertz CT molecular complexity index is 1040. The van der Waals surface area contributed by atoms with Crippen LogP contribution in [0.15, 0.2) is 79.0 Å². The highest BCUT2D eigenvalue weighted by Gasteiger charge is 2.20. The summed E-state index contributed by atoms with van der Waals surface area (Å²) in [5, 5.41) is 0.905. The molecule has 116 valence electrons. The molecule has 0 aliphatic rings. The van der Waals surface area contributed by atoms with E-state index in [4.69, 9.17) is 0 Å². The van der Waals surface area contributed by atoms with Crippen LogP contribution < -0.4 is 0 Å². The zero-order valence-corrected chi connectivity index (χ0v) is 12.7. The summed E-state index contributed by atoms with van der Waals surface area (Å²) in [6.07, 6.45) is 1.67. The Morgan fingerprint density at radius 2 is 1.67 bits per heavy atom.